The van der Waals surface area contributed by atoms with Crippen LogP contribution >= 0.6 is 22.7 Å². The molecule has 3 nitrogen and oxygen atoms in total. The summed E-state index contributed by atoms with van der Waals surface area (Å²) in [4.78, 5) is 10.7. The lowest BCUT2D eigenvalue weighted by molar-refractivity contribution is 0.444. The molecule has 8 rings (SSSR count). The molecule has 0 amide bonds. The smallest absolute Gasteiger partial charge is 0.128 e. The van der Waals surface area contributed by atoms with Gasteiger partial charge in [0.15, 0.2) is 0 Å². The maximum absolute atomic E-state index is 11.6. The lowest BCUT2D eigenvalue weighted by Gasteiger charge is -2.27. The first kappa shape index (κ1) is 35.2. The van der Waals surface area contributed by atoms with Crippen molar-refractivity contribution >= 4 is 75.7 Å². The van der Waals surface area contributed by atoms with Gasteiger partial charge in [-0.2, -0.15) is 0 Å². The third-order valence-electron chi connectivity index (χ3n) is 10.3. The Morgan fingerprint density at radius 1 is 0.585 bits per heavy atom. The molecule has 8 aromatic rings. The molecule has 53 heavy (non-hydrogen) atoms. The van der Waals surface area contributed by atoms with E-state index in [1.54, 1.807) is 11.3 Å². The number of phenolic OH excluding ortho intramolecular Hbond substituents is 1. The highest BCUT2D eigenvalue weighted by Gasteiger charge is 2.26. The van der Waals surface area contributed by atoms with E-state index >= 15 is 0 Å². The van der Waals surface area contributed by atoms with Crippen molar-refractivity contribution < 1.29 is 5.11 Å². The number of phenols is 1. The predicted octanol–water partition coefficient (Wildman–Crippen LogP) is 14.5. The fourth-order valence-electron chi connectivity index (χ4n) is 7.20. The van der Waals surface area contributed by atoms with Crippen LogP contribution < -0.4 is 0 Å². The summed E-state index contributed by atoms with van der Waals surface area (Å²) in [6.07, 6.45) is 1.85. The topological polar surface area (TPSA) is 45.5 Å². The number of nitrogens with zero attached hydrogens (tertiary/aromatic N) is 2. The van der Waals surface area contributed by atoms with E-state index in [4.69, 9.17) is 9.98 Å². The van der Waals surface area contributed by atoms with Crippen molar-refractivity contribution in [2.45, 2.75) is 78.6 Å². The Hall–Kier alpha value is -4.84. The van der Waals surface area contributed by atoms with Gasteiger partial charge in [0.1, 0.15) is 10.8 Å². The number of hydrogen-bond acceptors (Lipinski definition) is 5. The van der Waals surface area contributed by atoms with Gasteiger partial charge < -0.3 is 5.11 Å². The van der Waals surface area contributed by atoms with Crippen LogP contribution in [0.2, 0.25) is 0 Å². The van der Waals surface area contributed by atoms with Crippen molar-refractivity contribution in [2.75, 3.05) is 0 Å². The quantitative estimate of drug-likeness (QED) is 0.183. The summed E-state index contributed by atoms with van der Waals surface area (Å²) in [5.74, 6) is 0.283. The number of aromatic nitrogens is 1. The van der Waals surface area contributed by atoms with E-state index in [9.17, 15) is 5.11 Å². The van der Waals surface area contributed by atoms with Crippen molar-refractivity contribution in [1.82, 2.24) is 4.98 Å². The lowest BCUT2D eigenvalue weighted by atomic mass is 9.79. The summed E-state index contributed by atoms with van der Waals surface area (Å²) < 4.78 is 3.75. The SMILES string of the molecule is CC(C)(C)c1cc(C=Nc2c(-c3nc4c(-c5cccc6c5sc5ccccc56)cc(C(C)(C)C)cc4s3)ccc3ccccc23)c(O)c(C(C)(C)C)c1. The third kappa shape index (κ3) is 6.34. The largest absolute Gasteiger partial charge is 0.507 e. The summed E-state index contributed by atoms with van der Waals surface area (Å²) in [6, 6.07) is 37.1. The Morgan fingerprint density at radius 2 is 1.26 bits per heavy atom. The molecule has 0 saturated heterocycles. The van der Waals surface area contributed by atoms with Crippen molar-refractivity contribution in [3.63, 3.8) is 0 Å². The van der Waals surface area contributed by atoms with E-state index in [1.165, 1.54) is 36.9 Å². The Morgan fingerprint density at radius 3 is 2.00 bits per heavy atom. The minimum Gasteiger partial charge on any atom is -0.507 e. The van der Waals surface area contributed by atoms with Crippen LogP contribution in [0.3, 0.4) is 0 Å². The molecule has 0 aliphatic rings. The average Bonchev–Trinajstić information content (AvgIpc) is 3.71. The molecule has 0 bridgehead atoms. The predicted molar refractivity (Wildman–Crippen MR) is 232 cm³/mol. The Labute approximate surface area is 320 Å². The van der Waals surface area contributed by atoms with Gasteiger partial charge in [-0.25, -0.2) is 4.98 Å². The van der Waals surface area contributed by atoms with Crippen LogP contribution in [0.25, 0.3) is 62.9 Å². The molecule has 0 atom stereocenters. The van der Waals surface area contributed by atoms with Gasteiger partial charge in [-0.05, 0) is 63.1 Å². The molecule has 0 spiro atoms. The van der Waals surface area contributed by atoms with Gasteiger partial charge in [0.05, 0.1) is 15.9 Å². The number of fused-ring (bicyclic) bond motifs is 5. The van der Waals surface area contributed by atoms with Crippen LogP contribution in [0, 0.1) is 0 Å². The molecule has 0 radical (unpaired) electrons. The van der Waals surface area contributed by atoms with Gasteiger partial charge in [0.2, 0.25) is 0 Å². The Kier molecular flexibility index (Phi) is 8.40. The van der Waals surface area contributed by atoms with Crippen molar-refractivity contribution in [3.05, 3.63) is 125 Å². The zero-order chi connectivity index (χ0) is 37.4. The van der Waals surface area contributed by atoms with Gasteiger partial charge in [0, 0.05) is 59.6 Å². The summed E-state index contributed by atoms with van der Waals surface area (Å²) in [5, 5.41) is 17.3. The van der Waals surface area contributed by atoms with Gasteiger partial charge in [0.25, 0.3) is 0 Å². The number of thiazole rings is 1. The zero-order valence-corrected chi connectivity index (χ0v) is 33.7. The monoisotopic (exact) mass is 730 g/mol. The summed E-state index contributed by atoms with van der Waals surface area (Å²) in [7, 11) is 0. The number of benzene rings is 6. The summed E-state index contributed by atoms with van der Waals surface area (Å²) >= 11 is 3.59. The summed E-state index contributed by atoms with van der Waals surface area (Å²) in [5.41, 5.74) is 8.95. The van der Waals surface area contributed by atoms with Crippen molar-refractivity contribution in [2.24, 2.45) is 4.99 Å². The highest BCUT2D eigenvalue weighted by Crippen LogP contribution is 2.47. The maximum Gasteiger partial charge on any atom is 0.128 e. The van der Waals surface area contributed by atoms with Gasteiger partial charge >= 0.3 is 0 Å². The normalized spacial score (nSPS) is 13.0. The molecular formula is C48H46N2OS2. The molecule has 6 aromatic carbocycles. The molecule has 266 valence electrons. The van der Waals surface area contributed by atoms with E-state index < -0.39 is 0 Å². The van der Waals surface area contributed by atoms with E-state index in [-0.39, 0.29) is 22.0 Å². The maximum atomic E-state index is 11.6. The fraction of sp³-hybridized carbons (Fsp3) is 0.250. The van der Waals surface area contributed by atoms with E-state index in [0.29, 0.717) is 0 Å². The third-order valence-corrected chi connectivity index (χ3v) is 12.6. The molecule has 2 aromatic heterocycles. The first-order chi connectivity index (χ1) is 25.1. The molecule has 2 heterocycles. The molecule has 5 heteroatoms. The van der Waals surface area contributed by atoms with Crippen molar-refractivity contribution in [3.8, 4) is 27.4 Å². The van der Waals surface area contributed by atoms with E-state index in [2.05, 4.69) is 165 Å². The minimum absolute atomic E-state index is 0.0466. The molecular weight excluding hydrogens is 685 g/mol. The van der Waals surface area contributed by atoms with Gasteiger partial charge in [-0.15, -0.1) is 22.7 Å². The molecule has 0 fully saturated rings. The van der Waals surface area contributed by atoms with E-state index in [1.807, 2.05) is 17.6 Å². The minimum atomic E-state index is -0.233. The number of rotatable bonds is 4. The average molecular weight is 731 g/mol. The van der Waals surface area contributed by atoms with Crippen LogP contribution in [0.5, 0.6) is 5.75 Å². The Balaban J connectivity index is 1.36. The zero-order valence-electron chi connectivity index (χ0n) is 32.1. The molecule has 0 aliphatic carbocycles. The number of aromatic hydroxyl groups is 1. The van der Waals surface area contributed by atoms with Crippen LogP contribution in [0.1, 0.15) is 84.6 Å². The standard InChI is InChI=1S/C48H46N2OS2/c1-46(2,3)30-23-29(43(51)38(25-30)48(7,8)9)27-49-41-32-16-11-10-15-28(32)21-22-36(41)45-50-42-37(24-31(47(4,5)6)26-40(42)53-45)35-19-14-18-34-33-17-12-13-20-39(33)52-44(34)35/h10-27,51H,1-9H3. The molecule has 0 saturated carbocycles. The highest BCUT2D eigenvalue weighted by molar-refractivity contribution is 7.26. The second-order valence-corrected chi connectivity index (χ2v) is 19.4. The lowest BCUT2D eigenvalue weighted by Crippen LogP contribution is -2.17. The number of aliphatic imine (C=N–C) groups is 1. The fourth-order valence-corrected chi connectivity index (χ4v) is 9.49. The van der Waals surface area contributed by atoms with Crippen LogP contribution in [-0.4, -0.2) is 16.3 Å². The first-order valence-corrected chi connectivity index (χ1v) is 20.0. The second kappa shape index (κ2) is 12.6. The molecule has 1 N–H and O–H groups in total. The van der Waals surface area contributed by atoms with E-state index in [0.717, 1.165) is 53.9 Å². The van der Waals surface area contributed by atoms with Crippen LogP contribution in [-0.2, 0) is 16.2 Å². The molecule has 0 aliphatic heterocycles. The first-order valence-electron chi connectivity index (χ1n) is 18.4. The summed E-state index contributed by atoms with van der Waals surface area (Å²) in [6.45, 7) is 19.9. The highest BCUT2D eigenvalue weighted by atomic mass is 32.1. The second-order valence-electron chi connectivity index (χ2n) is 17.3. The number of hydrogen-bond donors (Lipinski definition) is 1. The number of thiophene rings is 1. The van der Waals surface area contributed by atoms with Crippen LogP contribution in [0.15, 0.2) is 108 Å². The van der Waals surface area contributed by atoms with Gasteiger partial charge in [-0.1, -0.05) is 135 Å². The Bertz CT molecular complexity index is 2740. The van der Waals surface area contributed by atoms with Crippen molar-refractivity contribution in [1.29, 1.82) is 0 Å². The molecule has 0 unspecified atom stereocenters. The van der Waals surface area contributed by atoms with Gasteiger partial charge in [-0.3, -0.25) is 4.99 Å². The van der Waals surface area contributed by atoms with Crippen LogP contribution in [0.4, 0.5) is 5.69 Å².